The Labute approximate surface area is 193 Å². The molecule has 0 spiro atoms. The van der Waals surface area contributed by atoms with Crippen molar-refractivity contribution in [2.45, 2.75) is 62.8 Å². The van der Waals surface area contributed by atoms with Crippen molar-refractivity contribution in [1.82, 2.24) is 15.5 Å². The molecule has 0 amide bonds. The molecule has 8 heteroatoms. The molecule has 160 valence electrons. The van der Waals surface area contributed by atoms with Gasteiger partial charge < -0.3 is 10.6 Å². The summed E-state index contributed by atoms with van der Waals surface area (Å²) in [6, 6.07) is 5.18. The maximum Gasteiger partial charge on any atom is 0.191 e. The summed E-state index contributed by atoms with van der Waals surface area (Å²) in [6.07, 6.45) is 6.97. The highest BCUT2D eigenvalue weighted by atomic mass is 127. The third-order valence-electron chi connectivity index (χ3n) is 5.76. The Morgan fingerprint density at radius 3 is 2.79 bits per heavy atom. The number of thiophene rings is 1. The Kier molecular flexibility index (Phi) is 10.7. The first-order valence-electron chi connectivity index (χ1n) is 10.3. The van der Waals surface area contributed by atoms with Gasteiger partial charge in [0.1, 0.15) is 0 Å². The fourth-order valence-corrected chi connectivity index (χ4v) is 6.48. The highest BCUT2D eigenvalue weighted by Gasteiger charge is 2.27. The summed E-state index contributed by atoms with van der Waals surface area (Å²) in [5.74, 6) is 1.64. The number of hydrogen-bond acceptors (Lipinski definition) is 4. The smallest absolute Gasteiger partial charge is 0.191 e. The molecule has 1 aromatic heterocycles. The van der Waals surface area contributed by atoms with Crippen LogP contribution in [0.2, 0.25) is 0 Å². The van der Waals surface area contributed by atoms with Gasteiger partial charge in [0.2, 0.25) is 0 Å². The molecule has 1 aromatic rings. The van der Waals surface area contributed by atoms with Crippen LogP contribution in [-0.4, -0.2) is 58.8 Å². The Bertz CT molecular complexity index is 620. The first kappa shape index (κ1) is 24.1. The Hall–Kier alpha value is -0.190. The molecule has 1 aliphatic carbocycles. The van der Waals surface area contributed by atoms with Gasteiger partial charge in [0.05, 0.1) is 6.04 Å². The average Bonchev–Trinajstić information content (AvgIpc) is 3.41. The number of nitrogens with one attached hydrogen (secondary N) is 2. The topological polar surface area (TPSA) is 56.7 Å². The molecule has 2 heterocycles. The van der Waals surface area contributed by atoms with Crippen molar-refractivity contribution in [3.8, 4) is 0 Å². The number of likely N-dealkylation sites (tertiary alicyclic amines) is 1. The minimum atomic E-state index is -0.690. The molecule has 2 N–H and O–H groups in total. The van der Waals surface area contributed by atoms with Crippen molar-refractivity contribution in [3.05, 3.63) is 22.4 Å². The van der Waals surface area contributed by atoms with Gasteiger partial charge in [0.15, 0.2) is 5.96 Å². The summed E-state index contributed by atoms with van der Waals surface area (Å²) in [6.45, 7) is 5.26. The van der Waals surface area contributed by atoms with E-state index in [0.717, 1.165) is 43.9 Å². The second-order valence-corrected chi connectivity index (χ2v) is 10.5. The standard InChI is InChI=1S/C20H34N4OS2.HI/c1-3-27(25)17-9-6-8-16(14-17)23-20(21-2)22-15-18(19-10-7-13-26-19)24-11-4-5-12-24;/h7,10,13,16-18H,3-6,8-9,11-12,14-15H2,1-2H3,(H2,21,22,23);1H. The largest absolute Gasteiger partial charge is 0.354 e. The summed E-state index contributed by atoms with van der Waals surface area (Å²) in [5, 5.41) is 9.67. The number of guanidine groups is 1. The van der Waals surface area contributed by atoms with Crippen LogP contribution < -0.4 is 10.6 Å². The normalized spacial score (nSPS) is 25.7. The lowest BCUT2D eigenvalue weighted by molar-refractivity contribution is 0.248. The molecule has 28 heavy (non-hydrogen) atoms. The molecule has 0 radical (unpaired) electrons. The van der Waals surface area contributed by atoms with Gasteiger partial charge in [-0.2, -0.15) is 0 Å². The van der Waals surface area contributed by atoms with Crippen LogP contribution in [0, 0.1) is 0 Å². The molecule has 1 saturated carbocycles. The van der Waals surface area contributed by atoms with E-state index in [-0.39, 0.29) is 24.0 Å². The quantitative estimate of drug-likeness (QED) is 0.316. The van der Waals surface area contributed by atoms with E-state index in [1.807, 2.05) is 25.3 Å². The van der Waals surface area contributed by atoms with Crippen LogP contribution in [0.5, 0.6) is 0 Å². The summed E-state index contributed by atoms with van der Waals surface area (Å²) >= 11 is 1.84. The van der Waals surface area contributed by atoms with Crippen LogP contribution in [0.3, 0.4) is 0 Å². The first-order chi connectivity index (χ1) is 13.2. The van der Waals surface area contributed by atoms with E-state index in [9.17, 15) is 4.21 Å². The van der Waals surface area contributed by atoms with Gasteiger partial charge in [-0.3, -0.25) is 14.1 Å². The predicted molar refractivity (Wildman–Crippen MR) is 133 cm³/mol. The fourth-order valence-electron chi connectivity index (χ4n) is 4.28. The maximum atomic E-state index is 12.2. The fraction of sp³-hybridized carbons (Fsp3) is 0.750. The number of hydrogen-bond donors (Lipinski definition) is 2. The van der Waals surface area contributed by atoms with Crippen molar-refractivity contribution in [2.24, 2.45) is 4.99 Å². The zero-order valence-electron chi connectivity index (χ0n) is 17.1. The van der Waals surface area contributed by atoms with E-state index in [0.29, 0.717) is 17.3 Å². The Balaban J connectivity index is 0.00000280. The zero-order valence-corrected chi connectivity index (χ0v) is 21.0. The second kappa shape index (κ2) is 12.5. The predicted octanol–water partition coefficient (Wildman–Crippen LogP) is 3.75. The van der Waals surface area contributed by atoms with E-state index < -0.39 is 10.8 Å². The van der Waals surface area contributed by atoms with Crippen LogP contribution in [0.4, 0.5) is 0 Å². The van der Waals surface area contributed by atoms with E-state index in [4.69, 9.17) is 0 Å². The first-order valence-corrected chi connectivity index (χ1v) is 12.6. The number of halogens is 1. The highest BCUT2D eigenvalue weighted by Crippen LogP contribution is 2.28. The van der Waals surface area contributed by atoms with E-state index in [1.54, 1.807) is 0 Å². The monoisotopic (exact) mass is 538 g/mol. The average molecular weight is 539 g/mol. The Morgan fingerprint density at radius 1 is 1.36 bits per heavy atom. The maximum absolute atomic E-state index is 12.2. The number of nitrogens with zero attached hydrogens (tertiary/aromatic N) is 2. The van der Waals surface area contributed by atoms with E-state index in [1.165, 1.54) is 30.8 Å². The molecule has 4 unspecified atom stereocenters. The van der Waals surface area contributed by atoms with Gasteiger partial charge >= 0.3 is 0 Å². The SMILES string of the molecule is CCS(=O)C1CCCC(NC(=NC)NCC(c2cccs2)N2CCCC2)C1.I. The summed E-state index contributed by atoms with van der Waals surface area (Å²) in [4.78, 5) is 8.47. The second-order valence-electron chi connectivity index (χ2n) is 7.53. The molecule has 1 saturated heterocycles. The van der Waals surface area contributed by atoms with Gasteiger partial charge in [-0.15, -0.1) is 35.3 Å². The summed E-state index contributed by atoms with van der Waals surface area (Å²) in [7, 11) is 1.15. The molecule has 0 bridgehead atoms. The lowest BCUT2D eigenvalue weighted by atomic mass is 9.95. The Morgan fingerprint density at radius 2 is 2.14 bits per heavy atom. The minimum absolute atomic E-state index is 0. The molecule has 4 atom stereocenters. The van der Waals surface area contributed by atoms with Crippen LogP contribution >= 0.6 is 35.3 Å². The van der Waals surface area contributed by atoms with E-state index >= 15 is 0 Å². The highest BCUT2D eigenvalue weighted by molar-refractivity contribution is 14.0. The minimum Gasteiger partial charge on any atom is -0.354 e. The number of rotatable bonds is 7. The molecule has 2 fully saturated rings. The summed E-state index contributed by atoms with van der Waals surface area (Å²) in [5.41, 5.74) is 0. The van der Waals surface area contributed by atoms with Crippen LogP contribution in [-0.2, 0) is 10.8 Å². The number of aliphatic imine (C=N–C) groups is 1. The zero-order chi connectivity index (χ0) is 19.1. The van der Waals surface area contributed by atoms with Crippen LogP contribution in [0.1, 0.15) is 56.4 Å². The molecular formula is C20H35IN4OS2. The molecular weight excluding hydrogens is 503 g/mol. The third kappa shape index (κ3) is 6.67. The lowest BCUT2D eigenvalue weighted by Gasteiger charge is -2.31. The van der Waals surface area contributed by atoms with Gasteiger partial charge in [0, 0.05) is 46.3 Å². The van der Waals surface area contributed by atoms with Crippen molar-refractivity contribution in [1.29, 1.82) is 0 Å². The third-order valence-corrected chi connectivity index (χ3v) is 8.48. The van der Waals surface area contributed by atoms with Gasteiger partial charge in [-0.25, -0.2) is 0 Å². The lowest BCUT2D eigenvalue weighted by Crippen LogP contribution is -2.48. The van der Waals surface area contributed by atoms with Crippen molar-refractivity contribution >= 4 is 52.1 Å². The van der Waals surface area contributed by atoms with Crippen LogP contribution in [0.25, 0.3) is 0 Å². The van der Waals surface area contributed by atoms with E-state index in [2.05, 4.69) is 38.0 Å². The molecule has 3 rings (SSSR count). The molecule has 1 aliphatic heterocycles. The van der Waals surface area contributed by atoms with Crippen LogP contribution in [0.15, 0.2) is 22.5 Å². The van der Waals surface area contributed by atoms with Gasteiger partial charge in [-0.1, -0.05) is 19.4 Å². The van der Waals surface area contributed by atoms with Crippen molar-refractivity contribution in [2.75, 3.05) is 32.4 Å². The summed E-state index contributed by atoms with van der Waals surface area (Å²) < 4.78 is 12.2. The molecule has 5 nitrogen and oxygen atoms in total. The van der Waals surface area contributed by atoms with Gasteiger partial charge in [-0.05, 0) is 56.6 Å². The molecule has 2 aliphatic rings. The van der Waals surface area contributed by atoms with Crippen molar-refractivity contribution in [3.63, 3.8) is 0 Å². The molecule has 0 aromatic carbocycles. The van der Waals surface area contributed by atoms with Gasteiger partial charge in [0.25, 0.3) is 0 Å². The van der Waals surface area contributed by atoms with Crippen molar-refractivity contribution < 1.29 is 4.21 Å².